The van der Waals surface area contributed by atoms with Crippen LogP contribution < -0.4 is 43.4 Å². The molecular formula is H4Cl3FeN. The minimum absolute atomic E-state index is 0. The zero-order chi connectivity index (χ0) is 0. The van der Waals surface area contributed by atoms with Gasteiger partial charge in [0.1, 0.15) is 0 Å². The molecule has 0 heterocycles. The molecule has 0 aliphatic heterocycles. The smallest absolute Gasteiger partial charge is 1.00 e. The fourth-order valence-corrected chi connectivity index (χ4v) is 0. The molecule has 0 aliphatic rings. The van der Waals surface area contributed by atoms with Crippen LogP contribution in [0.15, 0.2) is 0 Å². The third-order valence-electron chi connectivity index (χ3n) is 0. The number of halogens is 3. The molecular weight excluding hydrogens is 176 g/mol. The Labute approximate surface area is 60.6 Å². The zero-order valence-electron chi connectivity index (χ0n) is 2.49. The predicted molar refractivity (Wildman–Crippen MR) is 5.98 cm³/mol. The van der Waals surface area contributed by atoms with Crippen LogP contribution in [0.25, 0.3) is 0 Å². The van der Waals surface area contributed by atoms with Crippen molar-refractivity contribution in [1.29, 1.82) is 0 Å². The topological polar surface area (TPSA) is 36.5 Å². The summed E-state index contributed by atoms with van der Waals surface area (Å²) in [5, 5.41) is 0. The Balaban J connectivity index is 0. The maximum absolute atomic E-state index is 0. The monoisotopic (exact) mass is 179 g/mol. The second-order valence-electron chi connectivity index (χ2n) is 0. The molecule has 0 fully saturated rings. The van der Waals surface area contributed by atoms with Crippen molar-refractivity contribution in [3.63, 3.8) is 0 Å². The first-order valence-corrected chi connectivity index (χ1v) is 0. The standard InChI is InChI=1S/3ClH.Fe.H3N/h3*1H;;1H3/q;;;+2;/p-2. The third-order valence-corrected chi connectivity index (χ3v) is 0. The van der Waals surface area contributed by atoms with Crippen LogP contribution in [0.1, 0.15) is 0 Å². The summed E-state index contributed by atoms with van der Waals surface area (Å²) in [4.78, 5) is 0. The molecule has 0 rings (SSSR count). The minimum Gasteiger partial charge on any atom is -1.00 e. The van der Waals surface area contributed by atoms with E-state index in [2.05, 4.69) is 0 Å². The van der Waals surface area contributed by atoms with Crippen molar-refractivity contribution in [3.8, 4) is 0 Å². The molecule has 38 valence electrons. The van der Waals surface area contributed by atoms with Crippen molar-refractivity contribution in [2.45, 2.75) is 0 Å². The van der Waals surface area contributed by atoms with Gasteiger partial charge in [0.15, 0.2) is 0 Å². The van der Waals surface area contributed by atoms with Crippen LogP contribution in [-0.2, 0) is 17.1 Å². The van der Waals surface area contributed by atoms with E-state index in [1.807, 2.05) is 0 Å². The molecule has 5 heteroatoms. The van der Waals surface area contributed by atoms with Crippen LogP contribution in [0, 0.1) is 0 Å². The summed E-state index contributed by atoms with van der Waals surface area (Å²) in [5.41, 5.74) is 0. The number of quaternary nitrogens is 1. The SMILES string of the molecule is [Cl-].[Cl-].[Cl-].[Fe+2].[NH4+]. The molecule has 0 aliphatic carbocycles. The Kier molecular flexibility index (Phi) is 1110. The second kappa shape index (κ2) is 55.6. The number of hydrogen-bond acceptors (Lipinski definition) is 0. The fourth-order valence-electron chi connectivity index (χ4n) is 0. The van der Waals surface area contributed by atoms with E-state index in [4.69, 9.17) is 0 Å². The molecule has 1 nitrogen and oxygen atoms in total. The van der Waals surface area contributed by atoms with Crippen LogP contribution in [0.4, 0.5) is 0 Å². The fraction of sp³-hybridized carbons (Fsp3) is 0. The van der Waals surface area contributed by atoms with E-state index in [1.54, 1.807) is 0 Å². The van der Waals surface area contributed by atoms with Gasteiger partial charge < -0.3 is 43.4 Å². The summed E-state index contributed by atoms with van der Waals surface area (Å²) in [7, 11) is 0. The largest absolute Gasteiger partial charge is 2.00 e. The molecule has 0 saturated heterocycles. The molecule has 0 saturated carbocycles. The van der Waals surface area contributed by atoms with Gasteiger partial charge in [-0.2, -0.15) is 0 Å². The van der Waals surface area contributed by atoms with E-state index < -0.39 is 0 Å². The van der Waals surface area contributed by atoms with Crippen molar-refractivity contribution in [3.05, 3.63) is 0 Å². The first-order chi connectivity index (χ1) is 0. The Hall–Kier alpha value is 1.35. The van der Waals surface area contributed by atoms with Gasteiger partial charge in [0.25, 0.3) is 0 Å². The number of rotatable bonds is 0. The summed E-state index contributed by atoms with van der Waals surface area (Å²) >= 11 is 0. The Morgan fingerprint density at radius 1 is 0.600 bits per heavy atom. The molecule has 0 unspecified atom stereocenters. The van der Waals surface area contributed by atoms with Crippen LogP contribution in [0.3, 0.4) is 0 Å². The summed E-state index contributed by atoms with van der Waals surface area (Å²) in [5.74, 6) is 0. The molecule has 0 atom stereocenters. The maximum Gasteiger partial charge on any atom is 2.00 e. The zero-order valence-corrected chi connectivity index (χ0v) is 5.86. The van der Waals surface area contributed by atoms with Crippen molar-refractivity contribution in [2.24, 2.45) is 0 Å². The van der Waals surface area contributed by atoms with Gasteiger partial charge >= 0.3 is 17.1 Å². The van der Waals surface area contributed by atoms with Crippen LogP contribution in [-0.4, -0.2) is 0 Å². The summed E-state index contributed by atoms with van der Waals surface area (Å²) in [6, 6.07) is 0. The first kappa shape index (κ1) is 99.8. The predicted octanol–water partition coefficient (Wildman–Crippen LogP) is -8.61. The van der Waals surface area contributed by atoms with E-state index in [0.717, 1.165) is 0 Å². The average Bonchev–Trinajstić information content (AvgIpc) is 0. The Morgan fingerprint density at radius 3 is 0.600 bits per heavy atom. The van der Waals surface area contributed by atoms with Gasteiger partial charge in [0.05, 0.1) is 0 Å². The van der Waals surface area contributed by atoms with Gasteiger partial charge in [-0.25, -0.2) is 0 Å². The molecule has 0 aromatic rings. The minimum atomic E-state index is 0. The molecule has 0 radical (unpaired) electrons. The van der Waals surface area contributed by atoms with Crippen LogP contribution >= 0.6 is 0 Å². The molecule has 0 amide bonds. The summed E-state index contributed by atoms with van der Waals surface area (Å²) in [6.07, 6.45) is 0. The molecule has 5 heavy (non-hydrogen) atoms. The average molecular weight is 180 g/mol. The van der Waals surface area contributed by atoms with Gasteiger partial charge in [-0.3, -0.25) is 0 Å². The van der Waals surface area contributed by atoms with Crippen molar-refractivity contribution in [1.82, 2.24) is 6.15 Å². The van der Waals surface area contributed by atoms with Gasteiger partial charge in [0.2, 0.25) is 0 Å². The normalized spacial score (nSPS) is 0. The molecule has 0 bridgehead atoms. The van der Waals surface area contributed by atoms with E-state index in [-0.39, 0.29) is 60.4 Å². The Morgan fingerprint density at radius 2 is 0.600 bits per heavy atom. The quantitative estimate of drug-likeness (QED) is 0.360. The molecule has 0 spiro atoms. The van der Waals surface area contributed by atoms with E-state index in [1.165, 1.54) is 0 Å². The number of hydrogen-bond donors (Lipinski definition) is 1. The molecule has 0 aromatic heterocycles. The third kappa shape index (κ3) is 33.0. The summed E-state index contributed by atoms with van der Waals surface area (Å²) < 4.78 is 0. The second-order valence-corrected chi connectivity index (χ2v) is 0. The van der Waals surface area contributed by atoms with E-state index in [9.17, 15) is 0 Å². The molecule has 4 N–H and O–H groups in total. The Bertz CT molecular complexity index is 6.85. The van der Waals surface area contributed by atoms with Crippen molar-refractivity contribution >= 4 is 0 Å². The first-order valence-electron chi connectivity index (χ1n) is 0. The van der Waals surface area contributed by atoms with Gasteiger partial charge in [0, 0.05) is 0 Å². The van der Waals surface area contributed by atoms with Gasteiger partial charge in [-0.05, 0) is 0 Å². The van der Waals surface area contributed by atoms with Gasteiger partial charge in [-0.1, -0.05) is 0 Å². The van der Waals surface area contributed by atoms with Gasteiger partial charge in [-0.15, -0.1) is 0 Å². The van der Waals surface area contributed by atoms with Crippen LogP contribution in [0.5, 0.6) is 0 Å². The van der Waals surface area contributed by atoms with Crippen molar-refractivity contribution in [2.75, 3.05) is 0 Å². The van der Waals surface area contributed by atoms with Crippen molar-refractivity contribution < 1.29 is 54.3 Å². The summed E-state index contributed by atoms with van der Waals surface area (Å²) in [6.45, 7) is 0. The maximum atomic E-state index is 0. The van der Waals surface area contributed by atoms with Crippen LogP contribution in [0.2, 0.25) is 0 Å². The molecule has 0 aromatic carbocycles. The van der Waals surface area contributed by atoms with E-state index >= 15 is 0 Å². The van der Waals surface area contributed by atoms with E-state index in [0.29, 0.717) is 0 Å².